The lowest BCUT2D eigenvalue weighted by atomic mass is 9.95. The third kappa shape index (κ3) is 7.35. The second-order valence-corrected chi connectivity index (χ2v) is 7.11. The van der Waals surface area contributed by atoms with Gasteiger partial charge in [0.25, 0.3) is 0 Å². The van der Waals surface area contributed by atoms with E-state index in [4.69, 9.17) is 9.47 Å². The molecule has 1 N–H and O–H groups in total. The van der Waals surface area contributed by atoms with E-state index in [-0.39, 0.29) is 18.4 Å². The summed E-state index contributed by atoms with van der Waals surface area (Å²) >= 11 is 0. The molecular formula is C24H29NO5. The molecule has 0 aromatic heterocycles. The van der Waals surface area contributed by atoms with Crippen LogP contribution in [-0.4, -0.2) is 30.7 Å². The van der Waals surface area contributed by atoms with E-state index in [0.717, 1.165) is 16.7 Å². The zero-order chi connectivity index (χ0) is 21.9. The molecule has 0 heterocycles. The number of carbonyl (C=O) groups excluding carboxylic acids is 3. The Balaban J connectivity index is 2.09. The van der Waals surface area contributed by atoms with E-state index < -0.39 is 18.0 Å². The first-order chi connectivity index (χ1) is 14.4. The Labute approximate surface area is 177 Å². The average Bonchev–Trinajstić information content (AvgIpc) is 2.74. The maximum atomic E-state index is 12.1. The summed E-state index contributed by atoms with van der Waals surface area (Å²) in [6.07, 6.45) is 0.171. The molecule has 2 atom stereocenters. The fraction of sp³-hybridized carbons (Fsp3) is 0.375. The van der Waals surface area contributed by atoms with Crippen LogP contribution in [0.5, 0.6) is 0 Å². The second kappa shape index (κ2) is 11.8. The van der Waals surface area contributed by atoms with Crippen molar-refractivity contribution in [3.8, 4) is 11.1 Å². The van der Waals surface area contributed by atoms with Crippen LogP contribution in [0.15, 0.2) is 54.6 Å². The van der Waals surface area contributed by atoms with Crippen LogP contribution in [0.1, 0.15) is 39.2 Å². The summed E-state index contributed by atoms with van der Waals surface area (Å²) in [5.74, 6) is -1.32. The summed E-state index contributed by atoms with van der Waals surface area (Å²) in [6.45, 7) is 5.43. The molecular weight excluding hydrogens is 382 g/mol. The molecule has 0 aliphatic carbocycles. The lowest BCUT2D eigenvalue weighted by Gasteiger charge is -2.21. The average molecular weight is 411 g/mol. The molecule has 160 valence electrons. The van der Waals surface area contributed by atoms with Crippen molar-refractivity contribution in [1.82, 2.24) is 5.32 Å². The Kier molecular flexibility index (Phi) is 9.06. The van der Waals surface area contributed by atoms with Crippen LogP contribution in [0.3, 0.4) is 0 Å². The number of benzene rings is 2. The standard InChI is InChI=1S/C24H29NO5/c1-4-22(26)30-24(28)25-21(15-17(3)23(27)29-5-2)16-18-11-13-20(14-12-18)19-9-7-6-8-10-19/h6-14,17,21H,4-5,15-16H2,1-3H3,(H,25,28). The van der Waals surface area contributed by atoms with Gasteiger partial charge in [-0.05, 0) is 36.5 Å². The number of ether oxygens (including phenoxy) is 2. The molecule has 0 bridgehead atoms. The van der Waals surface area contributed by atoms with Crippen molar-refractivity contribution in [1.29, 1.82) is 0 Å². The monoisotopic (exact) mass is 411 g/mol. The minimum Gasteiger partial charge on any atom is -0.466 e. The summed E-state index contributed by atoms with van der Waals surface area (Å²) in [6, 6.07) is 17.7. The molecule has 0 fully saturated rings. The van der Waals surface area contributed by atoms with E-state index >= 15 is 0 Å². The van der Waals surface area contributed by atoms with E-state index in [0.29, 0.717) is 19.4 Å². The van der Waals surface area contributed by atoms with Crippen LogP contribution in [0.4, 0.5) is 4.79 Å². The Bertz CT molecular complexity index is 832. The van der Waals surface area contributed by atoms with Crippen molar-refractivity contribution >= 4 is 18.0 Å². The Morgan fingerprint density at radius 3 is 2.17 bits per heavy atom. The molecule has 2 rings (SSSR count). The highest BCUT2D eigenvalue weighted by Gasteiger charge is 2.23. The SMILES string of the molecule is CCOC(=O)C(C)CC(Cc1ccc(-c2ccccc2)cc1)NC(=O)OC(=O)CC. The summed E-state index contributed by atoms with van der Waals surface area (Å²) in [4.78, 5) is 35.5. The van der Waals surface area contributed by atoms with E-state index in [1.807, 2.05) is 54.6 Å². The van der Waals surface area contributed by atoms with Crippen LogP contribution in [0.2, 0.25) is 0 Å². The van der Waals surface area contributed by atoms with Crippen LogP contribution in [-0.2, 0) is 25.5 Å². The first-order valence-electron chi connectivity index (χ1n) is 10.2. The molecule has 6 nitrogen and oxygen atoms in total. The van der Waals surface area contributed by atoms with Gasteiger partial charge < -0.3 is 14.8 Å². The first-order valence-corrected chi connectivity index (χ1v) is 10.2. The number of nitrogens with one attached hydrogen (secondary N) is 1. The smallest absolute Gasteiger partial charge is 0.415 e. The molecule has 2 aromatic rings. The molecule has 2 unspecified atom stereocenters. The predicted molar refractivity (Wildman–Crippen MR) is 115 cm³/mol. The molecule has 1 amide bonds. The maximum Gasteiger partial charge on any atom is 0.415 e. The Morgan fingerprint density at radius 2 is 1.57 bits per heavy atom. The zero-order valence-electron chi connectivity index (χ0n) is 17.7. The van der Waals surface area contributed by atoms with Gasteiger partial charge in [0.2, 0.25) is 0 Å². The van der Waals surface area contributed by atoms with Gasteiger partial charge in [-0.3, -0.25) is 9.59 Å². The van der Waals surface area contributed by atoms with Crippen molar-refractivity contribution in [2.75, 3.05) is 6.61 Å². The van der Waals surface area contributed by atoms with Gasteiger partial charge in [-0.1, -0.05) is 68.4 Å². The summed E-state index contributed by atoms with van der Waals surface area (Å²) in [5, 5.41) is 2.72. The van der Waals surface area contributed by atoms with Gasteiger partial charge in [0.1, 0.15) is 0 Å². The topological polar surface area (TPSA) is 81.7 Å². The van der Waals surface area contributed by atoms with Gasteiger partial charge in [0.05, 0.1) is 12.5 Å². The lowest BCUT2D eigenvalue weighted by molar-refractivity contribution is -0.148. The van der Waals surface area contributed by atoms with Gasteiger partial charge in [-0.15, -0.1) is 0 Å². The third-order valence-electron chi connectivity index (χ3n) is 4.69. The number of esters is 2. The highest BCUT2D eigenvalue weighted by molar-refractivity contribution is 5.84. The van der Waals surface area contributed by atoms with Gasteiger partial charge in [0.15, 0.2) is 0 Å². The zero-order valence-corrected chi connectivity index (χ0v) is 17.7. The third-order valence-corrected chi connectivity index (χ3v) is 4.69. The Hall–Kier alpha value is -3.15. The lowest BCUT2D eigenvalue weighted by Crippen LogP contribution is -2.40. The molecule has 2 aromatic carbocycles. The second-order valence-electron chi connectivity index (χ2n) is 7.11. The number of amides is 1. The number of hydrogen-bond donors (Lipinski definition) is 1. The number of alkyl carbamates (subject to hydrolysis) is 1. The van der Waals surface area contributed by atoms with Crippen LogP contribution < -0.4 is 5.32 Å². The largest absolute Gasteiger partial charge is 0.466 e. The first kappa shape index (κ1) is 23.1. The fourth-order valence-corrected chi connectivity index (χ4v) is 3.12. The van der Waals surface area contributed by atoms with Gasteiger partial charge in [-0.2, -0.15) is 0 Å². The molecule has 0 aliphatic rings. The molecule has 0 spiro atoms. The molecule has 0 aliphatic heterocycles. The van der Waals surface area contributed by atoms with E-state index in [2.05, 4.69) is 5.32 Å². The van der Waals surface area contributed by atoms with E-state index in [9.17, 15) is 14.4 Å². The minimum absolute atomic E-state index is 0.109. The van der Waals surface area contributed by atoms with Crippen molar-refractivity contribution in [2.45, 2.75) is 46.1 Å². The Morgan fingerprint density at radius 1 is 0.933 bits per heavy atom. The molecule has 0 radical (unpaired) electrons. The fourth-order valence-electron chi connectivity index (χ4n) is 3.12. The van der Waals surface area contributed by atoms with E-state index in [1.165, 1.54) is 0 Å². The van der Waals surface area contributed by atoms with Crippen molar-refractivity contribution < 1.29 is 23.9 Å². The molecule has 0 saturated carbocycles. The van der Waals surface area contributed by atoms with Gasteiger partial charge in [0, 0.05) is 12.5 Å². The molecule has 6 heteroatoms. The van der Waals surface area contributed by atoms with Crippen molar-refractivity contribution in [2.24, 2.45) is 5.92 Å². The highest BCUT2D eigenvalue weighted by Crippen LogP contribution is 2.21. The molecule has 0 saturated heterocycles. The summed E-state index contributed by atoms with van der Waals surface area (Å²) in [5.41, 5.74) is 3.21. The van der Waals surface area contributed by atoms with E-state index in [1.54, 1.807) is 20.8 Å². The number of carbonyl (C=O) groups is 3. The summed E-state index contributed by atoms with van der Waals surface area (Å²) < 4.78 is 9.80. The van der Waals surface area contributed by atoms with Crippen molar-refractivity contribution in [3.05, 3.63) is 60.2 Å². The number of hydrogen-bond acceptors (Lipinski definition) is 5. The predicted octanol–water partition coefficient (Wildman–Crippen LogP) is 4.52. The van der Waals surface area contributed by atoms with Crippen LogP contribution >= 0.6 is 0 Å². The van der Waals surface area contributed by atoms with Crippen molar-refractivity contribution in [3.63, 3.8) is 0 Å². The maximum absolute atomic E-state index is 12.1. The van der Waals surface area contributed by atoms with Crippen LogP contribution in [0.25, 0.3) is 11.1 Å². The normalized spacial score (nSPS) is 12.5. The molecule has 30 heavy (non-hydrogen) atoms. The quantitative estimate of drug-likeness (QED) is 0.485. The summed E-state index contributed by atoms with van der Waals surface area (Å²) in [7, 11) is 0. The van der Waals surface area contributed by atoms with Crippen LogP contribution in [0, 0.1) is 5.92 Å². The van der Waals surface area contributed by atoms with Gasteiger partial charge >= 0.3 is 18.0 Å². The highest BCUT2D eigenvalue weighted by atomic mass is 16.6. The number of rotatable bonds is 9. The minimum atomic E-state index is -0.802. The van der Waals surface area contributed by atoms with Gasteiger partial charge in [-0.25, -0.2) is 4.79 Å².